The fraction of sp³-hybridized carbons (Fsp3) is 0.500. The lowest BCUT2D eigenvalue weighted by Crippen LogP contribution is -2.19. The van der Waals surface area contributed by atoms with E-state index in [9.17, 15) is 17.6 Å². The van der Waals surface area contributed by atoms with Crippen molar-refractivity contribution in [3.63, 3.8) is 0 Å². The van der Waals surface area contributed by atoms with Gasteiger partial charge in [-0.25, -0.2) is 0 Å². The lowest BCUT2D eigenvalue weighted by atomic mass is 10.6. The predicted octanol–water partition coefficient (Wildman–Crippen LogP) is 1.90. The molecule has 0 N–H and O–H groups in total. The third-order valence-electron chi connectivity index (χ3n) is 1.20. The highest BCUT2D eigenvalue weighted by molar-refractivity contribution is 5.11. The lowest BCUT2D eigenvalue weighted by molar-refractivity contribution is -0.215. The first-order valence-electron chi connectivity index (χ1n) is 3.40. The van der Waals surface area contributed by atoms with E-state index in [2.05, 4.69) is 9.84 Å². The molecule has 1 aromatic heterocycles. The van der Waals surface area contributed by atoms with Gasteiger partial charge in [-0.2, -0.15) is 9.49 Å². The summed E-state index contributed by atoms with van der Waals surface area (Å²) < 4.78 is 52.7. The van der Waals surface area contributed by atoms with E-state index in [0.717, 1.165) is 0 Å². The minimum atomic E-state index is -4.76. The molecule has 3 nitrogen and oxygen atoms in total. The first-order chi connectivity index (χ1) is 5.96. The van der Waals surface area contributed by atoms with E-state index < -0.39 is 22.7 Å². The summed E-state index contributed by atoms with van der Waals surface area (Å²) in [6.45, 7) is 1.39. The molecule has 0 aromatic carbocycles. The topological polar surface area (TPSA) is 27.1 Å². The molecule has 1 heterocycles. The van der Waals surface area contributed by atoms with Crippen molar-refractivity contribution in [1.29, 1.82) is 0 Å². The Kier molecular flexibility index (Phi) is 2.44. The van der Waals surface area contributed by atoms with E-state index >= 15 is 0 Å². The Hall–Kier alpha value is -1.27. The Morgan fingerprint density at radius 2 is 2.15 bits per heavy atom. The Bertz CT molecular complexity index is 293. The number of halogens is 4. The maximum absolute atomic E-state index is 12.6. The van der Waals surface area contributed by atoms with Crippen molar-refractivity contribution in [2.24, 2.45) is 0 Å². The molecular weight excluding hydrogens is 192 g/mol. The average Bonchev–Trinajstić information content (AvgIpc) is 2.32. The van der Waals surface area contributed by atoms with Gasteiger partial charge < -0.3 is 4.74 Å². The van der Waals surface area contributed by atoms with Crippen LogP contribution < -0.4 is 4.74 Å². The van der Waals surface area contributed by atoms with Gasteiger partial charge in [-0.05, 0) is 6.92 Å². The summed E-state index contributed by atoms with van der Waals surface area (Å²) in [6.07, 6.45) is -4.30. The molecule has 0 unspecified atom stereocenters. The summed E-state index contributed by atoms with van der Waals surface area (Å²) >= 11 is 0. The number of ether oxygens (including phenoxy) is 1. The Morgan fingerprint density at radius 1 is 1.54 bits per heavy atom. The summed E-state index contributed by atoms with van der Waals surface area (Å²) in [5, 5.41) is 2.80. The summed E-state index contributed by atoms with van der Waals surface area (Å²) in [5.41, 5.74) is 0. The van der Waals surface area contributed by atoms with Gasteiger partial charge in [0.2, 0.25) is 5.82 Å². The Morgan fingerprint density at radius 3 is 2.62 bits per heavy atom. The second-order valence-corrected chi connectivity index (χ2v) is 2.11. The van der Waals surface area contributed by atoms with Gasteiger partial charge in [0.05, 0.1) is 12.8 Å². The predicted molar refractivity (Wildman–Crippen MR) is 34.7 cm³/mol. The molecule has 74 valence electrons. The van der Waals surface area contributed by atoms with Crippen LogP contribution >= 0.6 is 0 Å². The second kappa shape index (κ2) is 3.23. The number of hydrogen-bond donors (Lipinski definition) is 0. The van der Waals surface area contributed by atoms with Gasteiger partial charge in [0.1, 0.15) is 0 Å². The van der Waals surface area contributed by atoms with Gasteiger partial charge in [0.15, 0.2) is 0 Å². The van der Waals surface area contributed by atoms with E-state index in [1.807, 2.05) is 0 Å². The summed E-state index contributed by atoms with van der Waals surface area (Å²) in [5.74, 6) is -2.03. The van der Waals surface area contributed by atoms with Crippen molar-refractivity contribution in [2.45, 2.75) is 13.2 Å². The first-order valence-corrected chi connectivity index (χ1v) is 3.40. The number of alkyl halides is 3. The van der Waals surface area contributed by atoms with Crippen molar-refractivity contribution < 1.29 is 22.3 Å². The van der Waals surface area contributed by atoms with Crippen LogP contribution in [0.3, 0.4) is 0 Å². The number of hydrogen-bond acceptors (Lipinski definition) is 2. The van der Waals surface area contributed by atoms with Crippen LogP contribution in [0.15, 0.2) is 6.20 Å². The van der Waals surface area contributed by atoms with Crippen molar-refractivity contribution >= 4 is 0 Å². The highest BCUT2D eigenvalue weighted by atomic mass is 19.4. The van der Waals surface area contributed by atoms with Crippen molar-refractivity contribution in [3.8, 4) is 5.88 Å². The maximum atomic E-state index is 12.6. The molecule has 13 heavy (non-hydrogen) atoms. The smallest absolute Gasteiger partial charge is 0.476 e. The first kappa shape index (κ1) is 9.82. The van der Waals surface area contributed by atoms with Gasteiger partial charge in [-0.1, -0.05) is 0 Å². The maximum Gasteiger partial charge on any atom is 0.507 e. The number of rotatable bonds is 2. The fourth-order valence-electron chi connectivity index (χ4n) is 0.765. The SMILES string of the molecule is CCOc1c(F)cnn1C(F)(F)F. The van der Waals surface area contributed by atoms with Crippen LogP contribution in [0.5, 0.6) is 5.88 Å². The van der Waals surface area contributed by atoms with Crippen LogP contribution in [0.4, 0.5) is 17.6 Å². The molecular formula is C6H6F4N2O. The van der Waals surface area contributed by atoms with Gasteiger partial charge in [-0.3, -0.25) is 0 Å². The van der Waals surface area contributed by atoms with Gasteiger partial charge in [0, 0.05) is 0 Å². The van der Waals surface area contributed by atoms with Crippen LogP contribution in [0.25, 0.3) is 0 Å². The van der Waals surface area contributed by atoms with Gasteiger partial charge in [-0.15, -0.1) is 17.9 Å². The van der Waals surface area contributed by atoms with Crippen molar-refractivity contribution in [3.05, 3.63) is 12.0 Å². The van der Waals surface area contributed by atoms with Crippen LogP contribution in [-0.4, -0.2) is 16.4 Å². The summed E-state index contributed by atoms with van der Waals surface area (Å²) in [7, 11) is 0. The molecule has 0 aliphatic rings. The third-order valence-corrected chi connectivity index (χ3v) is 1.20. The summed E-state index contributed by atoms with van der Waals surface area (Å²) in [6, 6.07) is 0. The molecule has 0 saturated heterocycles. The third kappa shape index (κ3) is 1.90. The van der Waals surface area contributed by atoms with E-state index in [1.165, 1.54) is 6.92 Å². The van der Waals surface area contributed by atoms with Crippen LogP contribution in [-0.2, 0) is 6.30 Å². The molecule has 0 atom stereocenters. The van der Waals surface area contributed by atoms with Crippen LogP contribution in [0.1, 0.15) is 6.92 Å². The normalized spacial score (nSPS) is 11.8. The monoisotopic (exact) mass is 198 g/mol. The zero-order valence-corrected chi connectivity index (χ0v) is 6.60. The fourth-order valence-corrected chi connectivity index (χ4v) is 0.765. The minimum Gasteiger partial charge on any atom is -0.476 e. The van der Waals surface area contributed by atoms with Gasteiger partial charge >= 0.3 is 6.30 Å². The molecule has 0 fully saturated rings. The summed E-state index contributed by atoms with van der Waals surface area (Å²) in [4.78, 5) is 0. The van der Waals surface area contributed by atoms with Crippen LogP contribution in [0.2, 0.25) is 0 Å². The molecule has 0 aliphatic carbocycles. The zero-order valence-electron chi connectivity index (χ0n) is 6.60. The Balaban J connectivity index is 3.07. The van der Waals surface area contributed by atoms with E-state index in [4.69, 9.17) is 0 Å². The zero-order chi connectivity index (χ0) is 10.1. The molecule has 0 saturated carbocycles. The largest absolute Gasteiger partial charge is 0.507 e. The molecule has 0 spiro atoms. The van der Waals surface area contributed by atoms with E-state index in [0.29, 0.717) is 6.20 Å². The quantitative estimate of drug-likeness (QED) is 0.678. The van der Waals surface area contributed by atoms with E-state index in [-0.39, 0.29) is 6.61 Å². The molecule has 0 bridgehead atoms. The van der Waals surface area contributed by atoms with Crippen molar-refractivity contribution in [2.75, 3.05) is 6.61 Å². The average molecular weight is 198 g/mol. The molecule has 0 amide bonds. The molecule has 0 radical (unpaired) electrons. The van der Waals surface area contributed by atoms with Crippen LogP contribution in [0, 0.1) is 5.82 Å². The molecule has 7 heteroatoms. The minimum absolute atomic E-state index is 0.0569. The molecule has 1 aromatic rings. The Labute approximate surface area is 70.9 Å². The standard InChI is InChI=1S/C6H6F4N2O/c1-2-13-5-4(7)3-11-12(5)6(8,9)10/h3H,2H2,1H3. The lowest BCUT2D eigenvalue weighted by Gasteiger charge is -2.09. The van der Waals surface area contributed by atoms with E-state index in [1.54, 1.807) is 0 Å². The molecule has 1 rings (SSSR count). The molecule has 0 aliphatic heterocycles. The second-order valence-electron chi connectivity index (χ2n) is 2.11. The number of aromatic nitrogens is 2. The highest BCUT2D eigenvalue weighted by Gasteiger charge is 2.36. The number of nitrogens with zero attached hydrogens (tertiary/aromatic N) is 2. The van der Waals surface area contributed by atoms with Gasteiger partial charge in [0.25, 0.3) is 5.88 Å². The highest BCUT2D eigenvalue weighted by Crippen LogP contribution is 2.28. The van der Waals surface area contributed by atoms with Crippen molar-refractivity contribution in [1.82, 2.24) is 9.78 Å².